The highest BCUT2D eigenvalue weighted by Crippen LogP contribution is 2.71. The van der Waals surface area contributed by atoms with Crippen LogP contribution in [0.4, 0.5) is 4.39 Å². The minimum Gasteiger partial charge on any atom is -0.508 e. The monoisotopic (exact) mass is 436 g/mol. The highest BCUT2D eigenvalue weighted by molar-refractivity contribution is 5.99. The maximum atomic E-state index is 15.5. The van der Waals surface area contributed by atoms with Crippen LogP contribution < -0.4 is 0 Å². The summed E-state index contributed by atoms with van der Waals surface area (Å²) in [5.74, 6) is -2.07. The lowest BCUT2D eigenvalue weighted by Gasteiger charge is -2.60. The zero-order chi connectivity index (χ0) is 22.6. The van der Waals surface area contributed by atoms with Gasteiger partial charge in [0.05, 0.1) is 17.6 Å². The van der Waals surface area contributed by atoms with E-state index in [1.807, 2.05) is 13.8 Å². The summed E-state index contributed by atoms with van der Waals surface area (Å²) < 4.78 is 28.3. The summed E-state index contributed by atoms with van der Waals surface area (Å²) in [6, 6.07) is 0. The van der Waals surface area contributed by atoms with Crippen LogP contribution in [0.2, 0.25) is 0 Å². The molecular weight excluding hydrogens is 403 g/mol. The molecule has 0 aromatic carbocycles. The highest BCUT2D eigenvalue weighted by Gasteiger charge is 2.75. The Morgan fingerprint density at radius 3 is 2.58 bits per heavy atom. The number of fused-ring (bicyclic) bond motifs is 7. The molecule has 3 saturated carbocycles. The molecule has 9 atom stereocenters. The molecule has 7 heteroatoms. The molecule has 1 aliphatic heterocycles. The predicted octanol–water partition coefficient (Wildman–Crippen LogP) is 2.98. The molecule has 4 aliphatic carbocycles. The number of alkyl halides is 1. The molecule has 0 aromatic rings. The van der Waals surface area contributed by atoms with E-state index in [0.717, 1.165) is 6.08 Å². The van der Waals surface area contributed by atoms with E-state index in [1.165, 1.54) is 6.08 Å². The smallest absolute Gasteiger partial charge is 0.169 e. The van der Waals surface area contributed by atoms with E-state index in [-0.39, 0.29) is 48.1 Å². The first-order chi connectivity index (χ1) is 14.4. The van der Waals surface area contributed by atoms with Gasteiger partial charge in [-0.1, -0.05) is 6.92 Å². The fraction of sp³-hybridized carbons (Fsp3) is 0.792. The van der Waals surface area contributed by atoms with Crippen LogP contribution in [0.15, 0.2) is 23.5 Å². The van der Waals surface area contributed by atoms with Crippen LogP contribution in [0.25, 0.3) is 0 Å². The fourth-order valence-corrected chi connectivity index (χ4v) is 8.27. The van der Waals surface area contributed by atoms with Crippen molar-refractivity contribution in [3.63, 3.8) is 0 Å². The molecule has 172 valence electrons. The number of aliphatic hydroxyl groups excluding tert-OH is 3. The van der Waals surface area contributed by atoms with E-state index in [9.17, 15) is 20.1 Å². The molecule has 0 radical (unpaired) electrons. The van der Waals surface area contributed by atoms with E-state index < -0.39 is 40.4 Å². The summed E-state index contributed by atoms with van der Waals surface area (Å²) in [5.41, 5.74) is -2.20. The van der Waals surface area contributed by atoms with Crippen molar-refractivity contribution in [1.29, 1.82) is 0 Å². The average Bonchev–Trinajstić information content (AvgIpc) is 3.02. The molecule has 1 saturated heterocycles. The first kappa shape index (κ1) is 21.6. The van der Waals surface area contributed by atoms with Crippen LogP contribution in [-0.2, 0) is 14.3 Å². The second kappa shape index (κ2) is 6.40. The van der Waals surface area contributed by atoms with Crippen LogP contribution in [-0.4, -0.2) is 57.5 Å². The van der Waals surface area contributed by atoms with Crippen LogP contribution in [0, 0.1) is 28.6 Å². The normalized spacial score (nSPS) is 52.5. The summed E-state index contributed by atoms with van der Waals surface area (Å²) in [5, 5.41) is 31.3. The average molecular weight is 437 g/mol. The first-order valence-electron chi connectivity index (χ1n) is 11.4. The van der Waals surface area contributed by atoms with Crippen LogP contribution in [0.1, 0.15) is 53.4 Å². The van der Waals surface area contributed by atoms with Gasteiger partial charge in [0.2, 0.25) is 0 Å². The minimum absolute atomic E-state index is 0.0162. The molecule has 0 bridgehead atoms. The van der Waals surface area contributed by atoms with Crippen LogP contribution in [0.5, 0.6) is 0 Å². The highest BCUT2D eigenvalue weighted by atomic mass is 19.1. The van der Waals surface area contributed by atoms with Crippen molar-refractivity contribution < 1.29 is 34.0 Å². The van der Waals surface area contributed by atoms with Crippen molar-refractivity contribution in [2.45, 2.75) is 83.1 Å². The van der Waals surface area contributed by atoms with E-state index in [4.69, 9.17) is 9.47 Å². The number of carbonyl (C=O) groups is 1. The largest absolute Gasteiger partial charge is 0.508 e. The first-order valence-corrected chi connectivity index (χ1v) is 11.4. The van der Waals surface area contributed by atoms with Gasteiger partial charge in [-0.15, -0.1) is 0 Å². The molecule has 31 heavy (non-hydrogen) atoms. The van der Waals surface area contributed by atoms with Gasteiger partial charge in [0.15, 0.2) is 11.6 Å². The number of hydrogen-bond acceptors (Lipinski definition) is 6. The Balaban J connectivity index is 1.60. The van der Waals surface area contributed by atoms with Gasteiger partial charge in [-0.2, -0.15) is 0 Å². The topological polar surface area (TPSA) is 96.2 Å². The number of ketones is 1. The quantitative estimate of drug-likeness (QED) is 0.616. The second-order valence-electron chi connectivity index (χ2n) is 11.1. The van der Waals surface area contributed by atoms with Gasteiger partial charge in [0, 0.05) is 30.4 Å². The molecule has 5 rings (SSSR count). The van der Waals surface area contributed by atoms with Gasteiger partial charge in [0.1, 0.15) is 17.5 Å². The number of aliphatic hydroxyl groups is 3. The SMILES string of the molecule is CC1(C)O[C@@H]2C[C@H]3[C@@H]4C[C@H](F)C5=CC(O)=CC(=O)[C@]5(C)[C@H]4[C@@H](O)C[C@]3(C)[C@]2(CCO)O1. The van der Waals surface area contributed by atoms with E-state index in [2.05, 4.69) is 6.92 Å². The fourth-order valence-electron chi connectivity index (χ4n) is 8.27. The van der Waals surface area contributed by atoms with Crippen LogP contribution >= 0.6 is 0 Å². The minimum atomic E-state index is -1.37. The number of allylic oxidation sites excluding steroid dienone is 3. The lowest BCUT2D eigenvalue weighted by atomic mass is 9.45. The zero-order valence-corrected chi connectivity index (χ0v) is 18.6. The molecule has 1 heterocycles. The molecular formula is C24H33FO6. The van der Waals surface area contributed by atoms with Crippen molar-refractivity contribution in [2.24, 2.45) is 28.6 Å². The Morgan fingerprint density at radius 2 is 1.90 bits per heavy atom. The van der Waals surface area contributed by atoms with Gasteiger partial charge in [0.25, 0.3) is 0 Å². The summed E-state index contributed by atoms with van der Waals surface area (Å²) in [6.45, 7) is 7.45. The predicted molar refractivity (Wildman–Crippen MR) is 110 cm³/mol. The lowest BCUT2D eigenvalue weighted by molar-refractivity contribution is -0.232. The Kier molecular flexibility index (Phi) is 4.45. The molecule has 0 aromatic heterocycles. The maximum Gasteiger partial charge on any atom is 0.169 e. The number of hydrogen-bond donors (Lipinski definition) is 3. The molecule has 0 spiro atoms. The zero-order valence-electron chi connectivity index (χ0n) is 18.6. The Bertz CT molecular complexity index is 881. The summed E-state index contributed by atoms with van der Waals surface area (Å²) in [7, 11) is 0. The summed E-state index contributed by atoms with van der Waals surface area (Å²) in [6.07, 6.45) is 1.66. The number of ether oxygens (including phenoxy) is 2. The molecule has 6 nitrogen and oxygen atoms in total. The van der Waals surface area contributed by atoms with Crippen LogP contribution in [0.3, 0.4) is 0 Å². The van der Waals surface area contributed by atoms with Gasteiger partial charge >= 0.3 is 0 Å². The molecule has 3 N–H and O–H groups in total. The number of carbonyl (C=O) groups excluding carboxylic acids is 1. The molecule has 4 fully saturated rings. The van der Waals surface area contributed by atoms with Gasteiger partial charge in [-0.25, -0.2) is 4.39 Å². The third-order valence-corrected chi connectivity index (χ3v) is 9.31. The summed E-state index contributed by atoms with van der Waals surface area (Å²) >= 11 is 0. The second-order valence-corrected chi connectivity index (χ2v) is 11.1. The lowest BCUT2D eigenvalue weighted by Crippen LogP contribution is -2.63. The van der Waals surface area contributed by atoms with Crippen molar-refractivity contribution in [2.75, 3.05) is 6.61 Å². The Hall–Kier alpha value is -1.28. The van der Waals surface area contributed by atoms with Crippen molar-refractivity contribution in [1.82, 2.24) is 0 Å². The molecule has 0 amide bonds. The van der Waals surface area contributed by atoms with Crippen molar-refractivity contribution in [3.8, 4) is 0 Å². The van der Waals surface area contributed by atoms with E-state index >= 15 is 4.39 Å². The Morgan fingerprint density at radius 1 is 1.19 bits per heavy atom. The third kappa shape index (κ3) is 2.55. The number of halogens is 1. The summed E-state index contributed by atoms with van der Waals surface area (Å²) in [4.78, 5) is 13.1. The van der Waals surface area contributed by atoms with Crippen molar-refractivity contribution in [3.05, 3.63) is 23.5 Å². The van der Waals surface area contributed by atoms with Gasteiger partial charge < -0.3 is 24.8 Å². The third-order valence-electron chi connectivity index (χ3n) is 9.31. The van der Waals surface area contributed by atoms with Crippen molar-refractivity contribution >= 4 is 5.78 Å². The Labute approximate surface area is 182 Å². The standard InChI is InChI=1S/C24H33FO6/c1-21(2)30-19-10-14-13-9-16(25)15-7-12(27)8-18(29)23(15,4)20(13)17(28)11-22(14,3)24(19,31-21)5-6-26/h7-8,13-14,16-17,19-20,26-28H,5-6,9-11H2,1-4H3/t13-,14-,16-,17-,19+,20+,22-,23+,24+/m0/s1. The van der Waals surface area contributed by atoms with E-state index in [1.54, 1.807) is 6.92 Å². The molecule has 0 unspecified atom stereocenters. The number of rotatable bonds is 2. The van der Waals surface area contributed by atoms with Gasteiger partial charge in [-0.3, -0.25) is 4.79 Å². The molecule has 5 aliphatic rings. The van der Waals surface area contributed by atoms with Gasteiger partial charge in [-0.05, 0) is 63.5 Å². The van der Waals surface area contributed by atoms with E-state index in [0.29, 0.717) is 19.3 Å². The maximum absolute atomic E-state index is 15.5.